The highest BCUT2D eigenvalue weighted by Gasteiger charge is 2.21. The molecule has 3 heteroatoms. The van der Waals surface area contributed by atoms with Crippen molar-refractivity contribution in [1.82, 2.24) is 4.90 Å². The quantitative estimate of drug-likeness (QED) is 0.706. The van der Waals surface area contributed by atoms with Gasteiger partial charge in [-0.3, -0.25) is 4.79 Å². The molecule has 88 valence electrons. The van der Waals surface area contributed by atoms with Crippen LogP contribution in [0, 0.1) is 5.92 Å². The number of amides is 1. The van der Waals surface area contributed by atoms with Gasteiger partial charge in [-0.15, -0.1) is 0 Å². The molecule has 1 heterocycles. The van der Waals surface area contributed by atoms with Crippen molar-refractivity contribution in [3.05, 3.63) is 0 Å². The Bertz CT molecular complexity index is 194. The van der Waals surface area contributed by atoms with Crippen molar-refractivity contribution in [2.45, 2.75) is 45.4 Å². The summed E-state index contributed by atoms with van der Waals surface area (Å²) in [7, 11) is 0. The minimum absolute atomic E-state index is 0.335. The van der Waals surface area contributed by atoms with Gasteiger partial charge < -0.3 is 10.6 Å². The van der Waals surface area contributed by atoms with Gasteiger partial charge in [0.05, 0.1) is 0 Å². The van der Waals surface area contributed by atoms with Gasteiger partial charge in [0.25, 0.3) is 0 Å². The summed E-state index contributed by atoms with van der Waals surface area (Å²) in [6.07, 6.45) is 6.28. The van der Waals surface area contributed by atoms with Crippen molar-refractivity contribution >= 4 is 5.91 Å². The number of rotatable bonds is 5. The predicted octanol–water partition coefficient (Wildman–Crippen LogP) is 1.76. The molecule has 15 heavy (non-hydrogen) atoms. The molecule has 3 nitrogen and oxygen atoms in total. The highest BCUT2D eigenvalue weighted by atomic mass is 16.2. The summed E-state index contributed by atoms with van der Waals surface area (Å²) in [6, 6.07) is 0. The lowest BCUT2D eigenvalue weighted by molar-refractivity contribution is -0.133. The Morgan fingerprint density at radius 3 is 2.93 bits per heavy atom. The monoisotopic (exact) mass is 212 g/mol. The average Bonchev–Trinajstić information content (AvgIpc) is 2.29. The molecule has 1 saturated heterocycles. The number of likely N-dealkylation sites (tertiary alicyclic amines) is 1. The topological polar surface area (TPSA) is 46.3 Å². The molecule has 2 N–H and O–H groups in total. The van der Waals surface area contributed by atoms with E-state index in [0.29, 0.717) is 18.9 Å². The molecule has 0 aromatic rings. The number of unbranched alkanes of at least 4 members (excludes halogenated alkanes) is 1. The zero-order valence-corrected chi connectivity index (χ0v) is 9.87. The molecule has 0 saturated carbocycles. The molecular formula is C12H24N2O. The van der Waals surface area contributed by atoms with Crippen LogP contribution in [0.4, 0.5) is 0 Å². The van der Waals surface area contributed by atoms with Gasteiger partial charge in [-0.05, 0) is 38.1 Å². The summed E-state index contributed by atoms with van der Waals surface area (Å²) in [6.45, 7) is 4.87. The SMILES string of the molecule is CCC1CCCN(C(=O)CCCCN)C1. The number of nitrogens with zero attached hydrogens (tertiary/aromatic N) is 1. The van der Waals surface area contributed by atoms with Crippen molar-refractivity contribution in [1.29, 1.82) is 0 Å². The number of carbonyl (C=O) groups excluding carboxylic acids is 1. The standard InChI is InChI=1S/C12H24N2O/c1-2-11-6-5-9-14(10-11)12(15)7-3-4-8-13/h11H,2-10,13H2,1H3. The lowest BCUT2D eigenvalue weighted by Gasteiger charge is -2.32. The van der Waals surface area contributed by atoms with Crippen LogP contribution in [0.5, 0.6) is 0 Å². The van der Waals surface area contributed by atoms with Crippen molar-refractivity contribution in [3.8, 4) is 0 Å². The number of nitrogens with two attached hydrogens (primary N) is 1. The summed E-state index contributed by atoms with van der Waals surface area (Å²) in [5.74, 6) is 1.07. The second kappa shape index (κ2) is 6.83. The smallest absolute Gasteiger partial charge is 0.222 e. The van der Waals surface area contributed by atoms with Crippen LogP contribution in [0.25, 0.3) is 0 Å². The van der Waals surface area contributed by atoms with Crippen molar-refractivity contribution in [2.75, 3.05) is 19.6 Å². The number of hydrogen-bond donors (Lipinski definition) is 1. The van der Waals surface area contributed by atoms with Gasteiger partial charge in [0, 0.05) is 19.5 Å². The van der Waals surface area contributed by atoms with Crippen LogP contribution < -0.4 is 5.73 Å². The van der Waals surface area contributed by atoms with Crippen LogP contribution in [-0.2, 0) is 4.79 Å². The molecule has 1 unspecified atom stereocenters. The molecule has 1 aliphatic rings. The van der Waals surface area contributed by atoms with E-state index in [0.717, 1.165) is 31.8 Å². The fourth-order valence-corrected chi connectivity index (χ4v) is 2.20. The summed E-state index contributed by atoms with van der Waals surface area (Å²) < 4.78 is 0. The van der Waals surface area contributed by atoms with E-state index < -0.39 is 0 Å². The van der Waals surface area contributed by atoms with Gasteiger partial charge in [-0.2, -0.15) is 0 Å². The van der Waals surface area contributed by atoms with E-state index in [-0.39, 0.29) is 0 Å². The Labute approximate surface area is 93.0 Å². The molecule has 0 aromatic heterocycles. The first kappa shape index (κ1) is 12.5. The van der Waals surface area contributed by atoms with E-state index in [1.807, 2.05) is 4.90 Å². The van der Waals surface area contributed by atoms with E-state index in [1.165, 1.54) is 19.3 Å². The Kier molecular flexibility index (Phi) is 5.69. The van der Waals surface area contributed by atoms with E-state index in [2.05, 4.69) is 6.92 Å². The fraction of sp³-hybridized carbons (Fsp3) is 0.917. The predicted molar refractivity (Wildman–Crippen MR) is 62.5 cm³/mol. The minimum atomic E-state index is 0.335. The third kappa shape index (κ3) is 4.20. The van der Waals surface area contributed by atoms with Crippen LogP contribution in [0.2, 0.25) is 0 Å². The first-order chi connectivity index (χ1) is 7.27. The van der Waals surface area contributed by atoms with Crippen LogP contribution in [-0.4, -0.2) is 30.4 Å². The van der Waals surface area contributed by atoms with Crippen LogP contribution in [0.3, 0.4) is 0 Å². The van der Waals surface area contributed by atoms with E-state index >= 15 is 0 Å². The zero-order chi connectivity index (χ0) is 11.1. The Morgan fingerprint density at radius 2 is 2.27 bits per heavy atom. The molecular weight excluding hydrogens is 188 g/mol. The number of piperidine rings is 1. The molecule has 1 rings (SSSR count). The summed E-state index contributed by atoms with van der Waals surface area (Å²) in [4.78, 5) is 13.9. The third-order valence-electron chi connectivity index (χ3n) is 3.29. The van der Waals surface area contributed by atoms with Crippen LogP contribution >= 0.6 is 0 Å². The third-order valence-corrected chi connectivity index (χ3v) is 3.29. The van der Waals surface area contributed by atoms with Gasteiger partial charge in [0.15, 0.2) is 0 Å². The summed E-state index contributed by atoms with van der Waals surface area (Å²) in [5.41, 5.74) is 5.41. The second-order valence-electron chi connectivity index (χ2n) is 4.50. The molecule has 1 aliphatic heterocycles. The maximum Gasteiger partial charge on any atom is 0.222 e. The normalized spacial score (nSPS) is 21.7. The molecule has 0 radical (unpaired) electrons. The van der Waals surface area contributed by atoms with Crippen molar-refractivity contribution < 1.29 is 4.79 Å². The Hall–Kier alpha value is -0.570. The highest BCUT2D eigenvalue weighted by Crippen LogP contribution is 2.19. The maximum absolute atomic E-state index is 11.8. The summed E-state index contributed by atoms with van der Waals surface area (Å²) in [5, 5.41) is 0. The molecule has 0 aliphatic carbocycles. The summed E-state index contributed by atoms with van der Waals surface area (Å²) >= 11 is 0. The molecule has 0 spiro atoms. The highest BCUT2D eigenvalue weighted by molar-refractivity contribution is 5.76. The second-order valence-corrected chi connectivity index (χ2v) is 4.50. The molecule has 0 aromatic carbocycles. The molecule has 1 amide bonds. The largest absolute Gasteiger partial charge is 0.342 e. The Balaban J connectivity index is 2.25. The van der Waals surface area contributed by atoms with Crippen molar-refractivity contribution in [2.24, 2.45) is 11.7 Å². The lowest BCUT2D eigenvalue weighted by atomic mass is 9.95. The lowest BCUT2D eigenvalue weighted by Crippen LogP contribution is -2.39. The first-order valence-corrected chi connectivity index (χ1v) is 6.25. The van der Waals surface area contributed by atoms with Gasteiger partial charge in [0.2, 0.25) is 5.91 Å². The van der Waals surface area contributed by atoms with Gasteiger partial charge in [-0.1, -0.05) is 13.3 Å². The van der Waals surface area contributed by atoms with Gasteiger partial charge in [0.1, 0.15) is 0 Å². The minimum Gasteiger partial charge on any atom is -0.342 e. The fourth-order valence-electron chi connectivity index (χ4n) is 2.20. The number of carbonyl (C=O) groups is 1. The molecule has 1 fully saturated rings. The first-order valence-electron chi connectivity index (χ1n) is 6.25. The maximum atomic E-state index is 11.8. The zero-order valence-electron chi connectivity index (χ0n) is 9.87. The van der Waals surface area contributed by atoms with E-state index in [4.69, 9.17) is 5.73 Å². The average molecular weight is 212 g/mol. The van der Waals surface area contributed by atoms with Gasteiger partial charge in [-0.25, -0.2) is 0 Å². The van der Waals surface area contributed by atoms with Crippen LogP contribution in [0.1, 0.15) is 45.4 Å². The van der Waals surface area contributed by atoms with E-state index in [9.17, 15) is 4.79 Å². The molecule has 1 atom stereocenters. The molecule has 0 bridgehead atoms. The number of hydrogen-bond acceptors (Lipinski definition) is 2. The van der Waals surface area contributed by atoms with Gasteiger partial charge >= 0.3 is 0 Å². The van der Waals surface area contributed by atoms with E-state index in [1.54, 1.807) is 0 Å². The Morgan fingerprint density at radius 1 is 1.47 bits per heavy atom. The van der Waals surface area contributed by atoms with Crippen LogP contribution in [0.15, 0.2) is 0 Å². The van der Waals surface area contributed by atoms with Crippen molar-refractivity contribution in [3.63, 3.8) is 0 Å².